The Bertz CT molecular complexity index is 557. The first-order valence-electron chi connectivity index (χ1n) is 5.68. The number of benzene rings is 1. The van der Waals surface area contributed by atoms with Crippen LogP contribution in [0.2, 0.25) is 5.02 Å². The largest absolute Gasteiger partial charge is 0.324 e. The Kier molecular flexibility index (Phi) is 3.94. The highest BCUT2D eigenvalue weighted by Gasteiger charge is 2.12. The van der Waals surface area contributed by atoms with Gasteiger partial charge in [0.15, 0.2) is 0 Å². The molecule has 18 heavy (non-hydrogen) atoms. The van der Waals surface area contributed by atoms with Gasteiger partial charge < -0.3 is 5.73 Å². The number of nitrogens with two attached hydrogens (primary N) is 1. The average Bonchev–Trinajstić information content (AvgIpc) is 2.34. The van der Waals surface area contributed by atoms with Crippen LogP contribution in [0.25, 0.3) is 0 Å². The molecule has 2 nitrogen and oxygen atoms in total. The summed E-state index contributed by atoms with van der Waals surface area (Å²) in [4.78, 5) is 4.05. The summed E-state index contributed by atoms with van der Waals surface area (Å²) in [6.45, 7) is 1.96. The molecule has 1 heterocycles. The second-order valence-electron chi connectivity index (χ2n) is 4.28. The fourth-order valence-electron chi connectivity index (χ4n) is 1.91. The molecule has 0 spiro atoms. The molecular formula is C14H14ClFN2. The Morgan fingerprint density at radius 3 is 2.89 bits per heavy atom. The van der Waals surface area contributed by atoms with Crippen molar-refractivity contribution in [2.75, 3.05) is 0 Å². The fourth-order valence-corrected chi connectivity index (χ4v) is 2.11. The second-order valence-corrected chi connectivity index (χ2v) is 4.72. The van der Waals surface area contributed by atoms with E-state index in [0.717, 1.165) is 11.1 Å². The summed E-state index contributed by atoms with van der Waals surface area (Å²) >= 11 is 5.86. The van der Waals surface area contributed by atoms with Gasteiger partial charge in [0.05, 0.1) is 0 Å². The standard InChI is InChI=1S/C14H14ClFN2/c1-9-4-5-18-8-12(9)14(17)7-10-6-11(15)2-3-13(10)16/h2-6,8,14H,7,17H2,1H3. The van der Waals surface area contributed by atoms with Crippen LogP contribution >= 0.6 is 11.6 Å². The molecule has 1 aromatic heterocycles. The van der Waals surface area contributed by atoms with E-state index in [0.29, 0.717) is 17.0 Å². The van der Waals surface area contributed by atoms with Crippen LogP contribution in [0.5, 0.6) is 0 Å². The molecule has 2 rings (SSSR count). The first-order chi connectivity index (χ1) is 8.58. The van der Waals surface area contributed by atoms with Crippen LogP contribution in [0.15, 0.2) is 36.7 Å². The molecule has 2 aromatic rings. The highest BCUT2D eigenvalue weighted by Crippen LogP contribution is 2.22. The number of pyridine rings is 1. The number of hydrogen-bond donors (Lipinski definition) is 1. The molecule has 0 fully saturated rings. The lowest BCUT2D eigenvalue weighted by molar-refractivity contribution is 0.592. The summed E-state index contributed by atoms with van der Waals surface area (Å²) in [6, 6.07) is 6.11. The van der Waals surface area contributed by atoms with Crippen molar-refractivity contribution in [3.05, 3.63) is 64.2 Å². The first kappa shape index (κ1) is 13.0. The van der Waals surface area contributed by atoms with Crippen LogP contribution in [0.4, 0.5) is 4.39 Å². The summed E-state index contributed by atoms with van der Waals surface area (Å²) in [7, 11) is 0. The van der Waals surface area contributed by atoms with Crippen molar-refractivity contribution in [1.29, 1.82) is 0 Å². The van der Waals surface area contributed by atoms with E-state index < -0.39 is 0 Å². The van der Waals surface area contributed by atoms with E-state index in [2.05, 4.69) is 4.98 Å². The van der Waals surface area contributed by atoms with E-state index in [-0.39, 0.29) is 11.9 Å². The van der Waals surface area contributed by atoms with Crippen LogP contribution in [0, 0.1) is 12.7 Å². The maximum Gasteiger partial charge on any atom is 0.126 e. The number of aryl methyl sites for hydroxylation is 1. The highest BCUT2D eigenvalue weighted by molar-refractivity contribution is 6.30. The van der Waals surface area contributed by atoms with Crippen molar-refractivity contribution in [3.63, 3.8) is 0 Å². The van der Waals surface area contributed by atoms with Gasteiger partial charge in [-0.2, -0.15) is 0 Å². The van der Waals surface area contributed by atoms with Gasteiger partial charge in [0, 0.05) is 23.5 Å². The zero-order valence-electron chi connectivity index (χ0n) is 10.0. The predicted molar refractivity (Wildman–Crippen MR) is 71.0 cm³/mol. The number of nitrogens with zero attached hydrogens (tertiary/aromatic N) is 1. The molecule has 0 amide bonds. The molecule has 4 heteroatoms. The summed E-state index contributed by atoms with van der Waals surface area (Å²) in [5.74, 6) is -0.281. The topological polar surface area (TPSA) is 38.9 Å². The summed E-state index contributed by atoms with van der Waals surface area (Å²) in [6.07, 6.45) is 3.84. The lowest BCUT2D eigenvalue weighted by atomic mass is 9.97. The van der Waals surface area contributed by atoms with Crippen LogP contribution in [-0.4, -0.2) is 4.98 Å². The fraction of sp³-hybridized carbons (Fsp3) is 0.214. The number of aromatic nitrogens is 1. The van der Waals surface area contributed by atoms with Crippen molar-refractivity contribution in [3.8, 4) is 0 Å². The third-order valence-electron chi connectivity index (χ3n) is 2.93. The highest BCUT2D eigenvalue weighted by atomic mass is 35.5. The maximum absolute atomic E-state index is 13.6. The Balaban J connectivity index is 2.24. The Morgan fingerprint density at radius 1 is 1.39 bits per heavy atom. The van der Waals surface area contributed by atoms with Gasteiger partial charge in [0.2, 0.25) is 0 Å². The number of halogens is 2. The average molecular weight is 265 g/mol. The van der Waals surface area contributed by atoms with Crippen LogP contribution in [0.1, 0.15) is 22.7 Å². The van der Waals surface area contributed by atoms with Crippen LogP contribution in [-0.2, 0) is 6.42 Å². The van der Waals surface area contributed by atoms with Crippen molar-refractivity contribution >= 4 is 11.6 Å². The lowest BCUT2D eigenvalue weighted by Gasteiger charge is -2.14. The molecule has 0 saturated carbocycles. The van der Waals surface area contributed by atoms with E-state index in [1.54, 1.807) is 18.5 Å². The minimum Gasteiger partial charge on any atom is -0.324 e. The van der Waals surface area contributed by atoms with Crippen molar-refractivity contribution in [1.82, 2.24) is 4.98 Å². The molecule has 0 bridgehead atoms. The van der Waals surface area contributed by atoms with E-state index in [4.69, 9.17) is 17.3 Å². The molecule has 1 atom stereocenters. The summed E-state index contributed by atoms with van der Waals surface area (Å²) < 4.78 is 13.6. The molecule has 1 unspecified atom stereocenters. The number of hydrogen-bond acceptors (Lipinski definition) is 2. The molecule has 0 aliphatic rings. The van der Waals surface area contributed by atoms with Gasteiger partial charge in [0.1, 0.15) is 5.82 Å². The SMILES string of the molecule is Cc1ccncc1C(N)Cc1cc(Cl)ccc1F. The normalized spacial score (nSPS) is 12.4. The Morgan fingerprint density at radius 2 is 2.17 bits per heavy atom. The maximum atomic E-state index is 13.6. The van der Waals surface area contributed by atoms with Crippen LogP contribution < -0.4 is 5.73 Å². The second kappa shape index (κ2) is 5.46. The van der Waals surface area contributed by atoms with Crippen LogP contribution in [0.3, 0.4) is 0 Å². The minimum absolute atomic E-state index is 0.281. The van der Waals surface area contributed by atoms with Gasteiger partial charge >= 0.3 is 0 Å². The molecule has 0 saturated heterocycles. The van der Waals surface area contributed by atoms with E-state index in [9.17, 15) is 4.39 Å². The van der Waals surface area contributed by atoms with E-state index >= 15 is 0 Å². The van der Waals surface area contributed by atoms with Crippen molar-refractivity contribution in [2.45, 2.75) is 19.4 Å². The third kappa shape index (κ3) is 2.86. The van der Waals surface area contributed by atoms with Gasteiger partial charge in [-0.25, -0.2) is 4.39 Å². The van der Waals surface area contributed by atoms with Gasteiger partial charge in [-0.1, -0.05) is 11.6 Å². The molecule has 0 aliphatic carbocycles. The first-order valence-corrected chi connectivity index (χ1v) is 6.05. The van der Waals surface area contributed by atoms with Gasteiger partial charge in [-0.15, -0.1) is 0 Å². The van der Waals surface area contributed by atoms with Gasteiger partial charge in [-0.05, 0) is 54.3 Å². The smallest absolute Gasteiger partial charge is 0.126 e. The molecule has 0 radical (unpaired) electrons. The monoisotopic (exact) mass is 264 g/mol. The zero-order valence-corrected chi connectivity index (χ0v) is 10.8. The number of rotatable bonds is 3. The molecule has 2 N–H and O–H groups in total. The van der Waals surface area contributed by atoms with Crippen molar-refractivity contribution in [2.24, 2.45) is 5.73 Å². The van der Waals surface area contributed by atoms with Gasteiger partial charge in [0.25, 0.3) is 0 Å². The molecule has 94 valence electrons. The Labute approximate surface area is 111 Å². The Hall–Kier alpha value is -1.45. The predicted octanol–water partition coefficient (Wildman–Crippen LogP) is 3.43. The van der Waals surface area contributed by atoms with E-state index in [1.165, 1.54) is 12.1 Å². The van der Waals surface area contributed by atoms with Crippen molar-refractivity contribution < 1.29 is 4.39 Å². The summed E-state index contributed by atoms with van der Waals surface area (Å²) in [5, 5.41) is 0.515. The lowest BCUT2D eigenvalue weighted by Crippen LogP contribution is -2.15. The zero-order chi connectivity index (χ0) is 13.1. The minimum atomic E-state index is -0.285. The molecular weight excluding hydrogens is 251 g/mol. The molecule has 1 aromatic carbocycles. The third-order valence-corrected chi connectivity index (χ3v) is 3.16. The quantitative estimate of drug-likeness (QED) is 0.923. The molecule has 0 aliphatic heterocycles. The summed E-state index contributed by atoms with van der Waals surface area (Å²) in [5.41, 5.74) is 8.61. The van der Waals surface area contributed by atoms with E-state index in [1.807, 2.05) is 13.0 Å². The van der Waals surface area contributed by atoms with Gasteiger partial charge in [-0.3, -0.25) is 4.98 Å².